The van der Waals surface area contributed by atoms with Crippen LogP contribution in [0.25, 0.3) is 6.08 Å². The van der Waals surface area contributed by atoms with Gasteiger partial charge in [0, 0.05) is 20.3 Å². The van der Waals surface area contributed by atoms with Gasteiger partial charge in [0.05, 0.1) is 9.38 Å². The van der Waals surface area contributed by atoms with Gasteiger partial charge in [-0.2, -0.15) is 0 Å². The average molecular weight is 390 g/mol. The Bertz CT molecular complexity index is 607. The van der Waals surface area contributed by atoms with Gasteiger partial charge in [-0.1, -0.05) is 30.0 Å². The fourth-order valence-electron chi connectivity index (χ4n) is 1.81. The molecule has 1 aliphatic heterocycles. The highest BCUT2D eigenvalue weighted by molar-refractivity contribution is 9.10. The molecule has 112 valence electrons. The predicted molar refractivity (Wildman–Crippen MR) is 90.5 cm³/mol. The first kappa shape index (κ1) is 16.6. The van der Waals surface area contributed by atoms with E-state index in [1.807, 2.05) is 0 Å². The molecule has 1 saturated heterocycles. The average Bonchev–Trinajstić information content (AvgIpc) is 2.70. The fourth-order valence-corrected chi connectivity index (χ4v) is 3.52. The zero-order valence-corrected chi connectivity index (χ0v) is 14.5. The minimum Gasteiger partial charge on any atom is -0.385 e. The van der Waals surface area contributed by atoms with E-state index < -0.39 is 0 Å². The van der Waals surface area contributed by atoms with E-state index in [-0.39, 0.29) is 11.7 Å². The summed E-state index contributed by atoms with van der Waals surface area (Å²) < 4.78 is 19.1. The normalized spacial score (nSPS) is 17.1. The van der Waals surface area contributed by atoms with Crippen LogP contribution in [0.2, 0.25) is 0 Å². The van der Waals surface area contributed by atoms with Gasteiger partial charge in [-0.25, -0.2) is 4.39 Å². The third kappa shape index (κ3) is 4.12. The summed E-state index contributed by atoms with van der Waals surface area (Å²) >= 11 is 9.62. The van der Waals surface area contributed by atoms with Crippen LogP contribution >= 0.6 is 39.9 Å². The Hall–Kier alpha value is -0.760. The van der Waals surface area contributed by atoms with Gasteiger partial charge in [0.25, 0.3) is 5.91 Å². The van der Waals surface area contributed by atoms with E-state index in [1.165, 1.54) is 17.8 Å². The number of amides is 1. The van der Waals surface area contributed by atoms with Crippen LogP contribution in [0, 0.1) is 5.82 Å². The molecule has 0 N–H and O–H groups in total. The monoisotopic (exact) mass is 389 g/mol. The summed E-state index contributed by atoms with van der Waals surface area (Å²) in [5.41, 5.74) is 0.751. The van der Waals surface area contributed by atoms with Crippen LogP contribution < -0.4 is 0 Å². The summed E-state index contributed by atoms with van der Waals surface area (Å²) in [6, 6.07) is 4.61. The lowest BCUT2D eigenvalue weighted by atomic mass is 10.2. The van der Waals surface area contributed by atoms with Crippen LogP contribution in [0.3, 0.4) is 0 Å². The molecular formula is C14H13BrFNO2S2. The highest BCUT2D eigenvalue weighted by Crippen LogP contribution is 2.33. The number of methoxy groups -OCH3 is 1. The minimum atomic E-state index is -0.334. The van der Waals surface area contributed by atoms with Crippen LogP contribution in [-0.2, 0) is 9.53 Å². The molecule has 0 bridgehead atoms. The lowest BCUT2D eigenvalue weighted by molar-refractivity contribution is -0.122. The molecule has 0 radical (unpaired) electrons. The quantitative estimate of drug-likeness (QED) is 0.434. The Kier molecular flexibility index (Phi) is 5.92. The first-order valence-corrected chi connectivity index (χ1v) is 8.24. The molecule has 0 aromatic heterocycles. The smallest absolute Gasteiger partial charge is 0.266 e. The molecule has 3 nitrogen and oxygen atoms in total. The molecule has 1 fully saturated rings. The summed E-state index contributed by atoms with van der Waals surface area (Å²) in [4.78, 5) is 14.4. The summed E-state index contributed by atoms with van der Waals surface area (Å²) in [5, 5.41) is 0. The van der Waals surface area contributed by atoms with Gasteiger partial charge in [-0.15, -0.1) is 0 Å². The first-order valence-electron chi connectivity index (χ1n) is 6.22. The van der Waals surface area contributed by atoms with Crippen LogP contribution in [0.1, 0.15) is 12.0 Å². The maximum absolute atomic E-state index is 13.2. The Morgan fingerprint density at radius 2 is 2.29 bits per heavy atom. The van der Waals surface area contributed by atoms with Gasteiger partial charge in [-0.05, 0) is 46.1 Å². The minimum absolute atomic E-state index is 0.110. The molecule has 0 aliphatic carbocycles. The van der Waals surface area contributed by atoms with Crippen molar-refractivity contribution in [3.05, 3.63) is 39.0 Å². The maximum Gasteiger partial charge on any atom is 0.266 e. The largest absolute Gasteiger partial charge is 0.385 e. The second kappa shape index (κ2) is 7.49. The van der Waals surface area contributed by atoms with Crippen molar-refractivity contribution in [2.45, 2.75) is 6.42 Å². The number of hydrogen-bond donors (Lipinski definition) is 0. The SMILES string of the molecule is COCCCN1C(=O)/C(=C\c2ccc(F)c(Br)c2)SC1=S. The Labute approximate surface area is 140 Å². The molecule has 0 spiro atoms. The van der Waals surface area contributed by atoms with E-state index in [2.05, 4.69) is 15.9 Å². The second-order valence-corrected chi connectivity index (χ2v) is 6.88. The molecule has 0 atom stereocenters. The zero-order valence-electron chi connectivity index (χ0n) is 11.3. The number of thiocarbonyl (C=S) groups is 1. The number of halogens is 2. The molecule has 21 heavy (non-hydrogen) atoms. The number of carbonyl (C=O) groups excluding carboxylic acids is 1. The molecule has 1 aromatic carbocycles. The third-order valence-corrected chi connectivity index (χ3v) is 4.83. The van der Waals surface area contributed by atoms with Crippen molar-refractivity contribution >= 4 is 56.2 Å². The summed E-state index contributed by atoms with van der Waals surface area (Å²) in [6.07, 6.45) is 2.46. The van der Waals surface area contributed by atoms with Gasteiger partial charge < -0.3 is 4.74 Å². The molecule has 1 aliphatic rings. The fraction of sp³-hybridized carbons (Fsp3) is 0.286. The number of thioether (sulfide) groups is 1. The third-order valence-electron chi connectivity index (χ3n) is 2.85. The van der Waals surface area contributed by atoms with E-state index >= 15 is 0 Å². The van der Waals surface area contributed by atoms with Gasteiger partial charge in [0.15, 0.2) is 0 Å². The number of benzene rings is 1. The molecule has 1 amide bonds. The van der Waals surface area contributed by atoms with Crippen LogP contribution in [-0.4, -0.2) is 35.4 Å². The van der Waals surface area contributed by atoms with Gasteiger partial charge >= 0.3 is 0 Å². The second-order valence-electron chi connectivity index (χ2n) is 4.35. The topological polar surface area (TPSA) is 29.5 Å². The van der Waals surface area contributed by atoms with E-state index in [4.69, 9.17) is 17.0 Å². The molecule has 1 aromatic rings. The highest BCUT2D eigenvalue weighted by Gasteiger charge is 2.31. The van der Waals surface area contributed by atoms with Crippen molar-refractivity contribution in [1.82, 2.24) is 4.90 Å². The zero-order chi connectivity index (χ0) is 15.4. The summed E-state index contributed by atoms with van der Waals surface area (Å²) in [7, 11) is 1.62. The van der Waals surface area contributed by atoms with E-state index in [9.17, 15) is 9.18 Å². The number of carbonyl (C=O) groups is 1. The van der Waals surface area contributed by atoms with Crippen LogP contribution in [0.5, 0.6) is 0 Å². The maximum atomic E-state index is 13.2. The molecule has 1 heterocycles. The number of rotatable bonds is 5. The number of hydrogen-bond acceptors (Lipinski definition) is 4. The number of ether oxygens (including phenoxy) is 1. The first-order chi connectivity index (χ1) is 10.0. The molecule has 7 heteroatoms. The van der Waals surface area contributed by atoms with Crippen LogP contribution in [0.15, 0.2) is 27.6 Å². The Morgan fingerprint density at radius 1 is 1.52 bits per heavy atom. The van der Waals surface area contributed by atoms with Crippen molar-refractivity contribution in [3.8, 4) is 0 Å². The molecule has 2 rings (SSSR count). The Balaban J connectivity index is 2.13. The van der Waals surface area contributed by atoms with Crippen molar-refractivity contribution in [2.75, 3.05) is 20.3 Å². The molecular weight excluding hydrogens is 377 g/mol. The Morgan fingerprint density at radius 3 is 2.95 bits per heavy atom. The summed E-state index contributed by atoms with van der Waals surface area (Å²) in [5.74, 6) is -0.444. The van der Waals surface area contributed by atoms with E-state index in [0.717, 1.165) is 12.0 Å². The van der Waals surface area contributed by atoms with Crippen molar-refractivity contribution < 1.29 is 13.9 Å². The number of nitrogens with zero attached hydrogens (tertiary/aromatic N) is 1. The van der Waals surface area contributed by atoms with Crippen molar-refractivity contribution in [2.24, 2.45) is 0 Å². The van der Waals surface area contributed by atoms with E-state index in [0.29, 0.717) is 26.9 Å². The van der Waals surface area contributed by atoms with Crippen molar-refractivity contribution in [3.63, 3.8) is 0 Å². The lowest BCUT2D eigenvalue weighted by Crippen LogP contribution is -2.29. The van der Waals surface area contributed by atoms with Gasteiger partial charge in [0.2, 0.25) is 0 Å². The predicted octanol–water partition coefficient (Wildman–Crippen LogP) is 3.83. The molecule has 0 unspecified atom stereocenters. The van der Waals surface area contributed by atoms with Crippen molar-refractivity contribution in [1.29, 1.82) is 0 Å². The van der Waals surface area contributed by atoms with Gasteiger partial charge in [-0.3, -0.25) is 9.69 Å². The van der Waals surface area contributed by atoms with E-state index in [1.54, 1.807) is 30.2 Å². The summed E-state index contributed by atoms with van der Waals surface area (Å²) in [6.45, 7) is 1.13. The highest BCUT2D eigenvalue weighted by atomic mass is 79.9. The molecule has 0 saturated carbocycles. The van der Waals surface area contributed by atoms with Crippen LogP contribution in [0.4, 0.5) is 4.39 Å². The lowest BCUT2D eigenvalue weighted by Gasteiger charge is -2.13. The van der Waals surface area contributed by atoms with Gasteiger partial charge in [0.1, 0.15) is 10.1 Å². The standard InChI is InChI=1S/C14H13BrFNO2S2/c1-19-6-2-5-17-13(18)12(21-14(17)20)8-9-3-4-11(16)10(15)7-9/h3-4,7-8H,2,5-6H2,1H3/b12-8+.